The van der Waals surface area contributed by atoms with E-state index in [1.807, 2.05) is 0 Å². The van der Waals surface area contributed by atoms with Crippen molar-refractivity contribution >= 4 is 6.03 Å². The minimum absolute atomic E-state index is 0.0743. The smallest absolute Gasteiger partial charge is 0.387 e. The molecule has 1 heterocycles. The zero-order chi connectivity index (χ0) is 17.4. The minimum atomic E-state index is -2.85. The fourth-order valence-electron chi connectivity index (χ4n) is 1.85. The summed E-state index contributed by atoms with van der Waals surface area (Å²) in [5.41, 5.74) is 1.59. The highest BCUT2D eigenvalue weighted by Crippen LogP contribution is 2.14. The number of nitrogens with one attached hydrogen (secondary N) is 2. The number of rotatable bonds is 7. The molecule has 2 amide bonds. The molecule has 0 aliphatic carbocycles. The molecular weight excluding hydrogens is 320 g/mol. The van der Waals surface area contributed by atoms with Gasteiger partial charge in [0.1, 0.15) is 5.75 Å². The van der Waals surface area contributed by atoms with Crippen LogP contribution in [0.15, 0.2) is 42.6 Å². The monoisotopic (exact) mass is 337 g/mol. The van der Waals surface area contributed by atoms with Crippen molar-refractivity contribution in [1.29, 1.82) is 0 Å². The molecule has 2 rings (SSSR count). The van der Waals surface area contributed by atoms with Gasteiger partial charge in [-0.05, 0) is 23.3 Å². The molecule has 24 heavy (non-hydrogen) atoms. The molecule has 0 bridgehead atoms. The van der Waals surface area contributed by atoms with Crippen LogP contribution in [0.1, 0.15) is 11.1 Å². The van der Waals surface area contributed by atoms with Crippen molar-refractivity contribution in [1.82, 2.24) is 15.6 Å². The lowest BCUT2D eigenvalue weighted by atomic mass is 10.2. The van der Waals surface area contributed by atoms with E-state index >= 15 is 0 Å². The predicted octanol–water partition coefficient (Wildman–Crippen LogP) is 2.69. The number of nitrogens with zero attached hydrogens (tertiary/aromatic N) is 1. The van der Waals surface area contributed by atoms with Gasteiger partial charge in [-0.3, -0.25) is 0 Å². The van der Waals surface area contributed by atoms with Gasteiger partial charge in [-0.15, -0.1) is 0 Å². The molecule has 0 aliphatic rings. The highest BCUT2D eigenvalue weighted by molar-refractivity contribution is 5.73. The summed E-state index contributed by atoms with van der Waals surface area (Å²) in [6.45, 7) is -2.27. The summed E-state index contributed by atoms with van der Waals surface area (Å²) in [4.78, 5) is 15.8. The van der Waals surface area contributed by atoms with Gasteiger partial charge in [0, 0.05) is 25.4 Å². The first kappa shape index (κ1) is 17.5. The molecule has 2 N–H and O–H groups in total. The maximum absolute atomic E-state index is 12.0. The average molecular weight is 337 g/mol. The first-order valence-corrected chi connectivity index (χ1v) is 7.11. The number of benzene rings is 1. The van der Waals surface area contributed by atoms with Crippen molar-refractivity contribution in [3.05, 3.63) is 53.7 Å². The Morgan fingerprint density at radius 1 is 1.08 bits per heavy atom. The third kappa shape index (κ3) is 5.71. The number of amides is 2. The first-order chi connectivity index (χ1) is 11.6. The van der Waals surface area contributed by atoms with Crippen LogP contribution in [-0.2, 0) is 13.1 Å². The number of methoxy groups -OCH3 is 1. The standard InChI is InChI=1S/C16H17F2N3O3/c1-23-14-7-4-12(9-19-14)10-21-16(22)20-8-11-2-5-13(6-3-11)24-15(17)18/h2-7,9,15H,8,10H2,1H3,(H2,20,21,22). The van der Waals surface area contributed by atoms with E-state index in [1.165, 1.54) is 19.2 Å². The Bertz CT molecular complexity index is 649. The zero-order valence-electron chi connectivity index (χ0n) is 13.0. The summed E-state index contributed by atoms with van der Waals surface area (Å²) >= 11 is 0. The van der Waals surface area contributed by atoms with Gasteiger partial charge in [-0.2, -0.15) is 8.78 Å². The summed E-state index contributed by atoms with van der Waals surface area (Å²) in [5.74, 6) is 0.577. The van der Waals surface area contributed by atoms with E-state index in [-0.39, 0.29) is 18.3 Å². The van der Waals surface area contributed by atoms with Gasteiger partial charge in [0.2, 0.25) is 5.88 Å². The lowest BCUT2D eigenvalue weighted by Crippen LogP contribution is -2.34. The normalized spacial score (nSPS) is 10.3. The number of alkyl halides is 2. The molecule has 0 saturated heterocycles. The molecule has 0 saturated carbocycles. The maximum atomic E-state index is 12.0. The summed E-state index contributed by atoms with van der Waals surface area (Å²) in [6, 6.07) is 9.20. The number of carbonyl (C=O) groups is 1. The summed E-state index contributed by atoms with van der Waals surface area (Å²) < 4.78 is 33.3. The van der Waals surface area contributed by atoms with E-state index in [4.69, 9.17) is 4.74 Å². The van der Waals surface area contributed by atoms with Gasteiger partial charge in [0.15, 0.2) is 0 Å². The Morgan fingerprint density at radius 3 is 2.25 bits per heavy atom. The van der Waals surface area contributed by atoms with Gasteiger partial charge in [-0.1, -0.05) is 18.2 Å². The van der Waals surface area contributed by atoms with E-state index in [1.54, 1.807) is 30.5 Å². The van der Waals surface area contributed by atoms with Crippen LogP contribution in [0.2, 0.25) is 0 Å². The molecule has 1 aromatic carbocycles. The number of pyridine rings is 1. The van der Waals surface area contributed by atoms with Crippen molar-refractivity contribution < 1.29 is 23.0 Å². The number of urea groups is 1. The maximum Gasteiger partial charge on any atom is 0.387 e. The number of halogens is 2. The number of hydrogen-bond donors (Lipinski definition) is 2. The lowest BCUT2D eigenvalue weighted by molar-refractivity contribution is -0.0498. The van der Waals surface area contributed by atoms with Crippen LogP contribution >= 0.6 is 0 Å². The van der Waals surface area contributed by atoms with Crippen LogP contribution in [0.3, 0.4) is 0 Å². The van der Waals surface area contributed by atoms with Gasteiger partial charge < -0.3 is 20.1 Å². The molecule has 8 heteroatoms. The molecule has 0 unspecified atom stereocenters. The van der Waals surface area contributed by atoms with E-state index in [0.29, 0.717) is 12.4 Å². The third-order valence-electron chi connectivity index (χ3n) is 3.06. The Balaban J connectivity index is 1.74. The number of aromatic nitrogens is 1. The zero-order valence-corrected chi connectivity index (χ0v) is 13.0. The van der Waals surface area contributed by atoms with E-state index < -0.39 is 6.61 Å². The first-order valence-electron chi connectivity index (χ1n) is 7.11. The van der Waals surface area contributed by atoms with Gasteiger partial charge in [0.05, 0.1) is 7.11 Å². The SMILES string of the molecule is COc1ccc(CNC(=O)NCc2ccc(OC(F)F)cc2)cn1. The van der Waals surface area contributed by atoms with Gasteiger partial charge in [-0.25, -0.2) is 9.78 Å². The molecule has 6 nitrogen and oxygen atoms in total. The van der Waals surface area contributed by atoms with Crippen LogP contribution in [-0.4, -0.2) is 24.7 Å². The highest BCUT2D eigenvalue weighted by atomic mass is 19.3. The summed E-state index contributed by atoms with van der Waals surface area (Å²) in [6.07, 6.45) is 1.61. The molecule has 0 aliphatic heterocycles. The summed E-state index contributed by atoms with van der Waals surface area (Å²) in [5, 5.41) is 5.36. The summed E-state index contributed by atoms with van der Waals surface area (Å²) in [7, 11) is 1.53. The van der Waals surface area contributed by atoms with Crippen molar-refractivity contribution in [3.63, 3.8) is 0 Å². The Hall–Kier alpha value is -2.90. The fraction of sp³-hybridized carbons (Fsp3) is 0.250. The molecule has 0 spiro atoms. The molecule has 1 aromatic heterocycles. The third-order valence-corrected chi connectivity index (χ3v) is 3.06. The number of hydrogen-bond acceptors (Lipinski definition) is 4. The van der Waals surface area contributed by atoms with Crippen molar-refractivity contribution in [3.8, 4) is 11.6 Å². The predicted molar refractivity (Wildman–Crippen MR) is 82.9 cm³/mol. The highest BCUT2D eigenvalue weighted by Gasteiger charge is 2.05. The van der Waals surface area contributed by atoms with E-state index in [2.05, 4.69) is 20.4 Å². The quantitative estimate of drug-likeness (QED) is 0.815. The largest absolute Gasteiger partial charge is 0.481 e. The van der Waals surface area contributed by atoms with Crippen LogP contribution in [0, 0.1) is 0 Å². The molecule has 2 aromatic rings. The minimum Gasteiger partial charge on any atom is -0.481 e. The van der Waals surface area contributed by atoms with Crippen LogP contribution in [0.4, 0.5) is 13.6 Å². The second kappa shape index (κ2) is 8.66. The van der Waals surface area contributed by atoms with Crippen LogP contribution in [0.5, 0.6) is 11.6 Å². The second-order valence-corrected chi connectivity index (χ2v) is 4.77. The number of ether oxygens (including phenoxy) is 2. The lowest BCUT2D eigenvalue weighted by Gasteiger charge is -2.09. The van der Waals surface area contributed by atoms with Crippen molar-refractivity contribution in [2.45, 2.75) is 19.7 Å². The number of carbonyl (C=O) groups excluding carboxylic acids is 1. The van der Waals surface area contributed by atoms with E-state index in [9.17, 15) is 13.6 Å². The molecular formula is C16H17F2N3O3. The van der Waals surface area contributed by atoms with Crippen molar-refractivity contribution in [2.75, 3.05) is 7.11 Å². The van der Waals surface area contributed by atoms with Gasteiger partial charge >= 0.3 is 12.6 Å². The van der Waals surface area contributed by atoms with Gasteiger partial charge in [0.25, 0.3) is 0 Å². The molecule has 0 radical (unpaired) electrons. The second-order valence-electron chi connectivity index (χ2n) is 4.77. The Labute approximate surface area is 137 Å². The van der Waals surface area contributed by atoms with Crippen LogP contribution in [0.25, 0.3) is 0 Å². The molecule has 0 atom stereocenters. The fourth-order valence-corrected chi connectivity index (χ4v) is 1.85. The Morgan fingerprint density at radius 2 is 1.71 bits per heavy atom. The van der Waals surface area contributed by atoms with E-state index in [0.717, 1.165) is 11.1 Å². The molecule has 0 fully saturated rings. The Kier molecular flexibility index (Phi) is 6.30. The van der Waals surface area contributed by atoms with Crippen LogP contribution < -0.4 is 20.1 Å². The molecule has 128 valence electrons. The topological polar surface area (TPSA) is 72.5 Å². The van der Waals surface area contributed by atoms with Crippen molar-refractivity contribution in [2.24, 2.45) is 0 Å². The average Bonchev–Trinajstić information content (AvgIpc) is 2.59.